The van der Waals surface area contributed by atoms with Crippen molar-refractivity contribution in [3.63, 3.8) is 0 Å². The van der Waals surface area contributed by atoms with E-state index in [1.165, 1.54) is 36.0 Å². The highest BCUT2D eigenvalue weighted by atomic mass is 15.2. The van der Waals surface area contributed by atoms with Gasteiger partial charge in [0.15, 0.2) is 0 Å². The number of benzene rings is 2. The van der Waals surface area contributed by atoms with Gasteiger partial charge < -0.3 is 10.2 Å². The van der Waals surface area contributed by atoms with E-state index in [-0.39, 0.29) is 0 Å². The average molecular weight is 268 g/mol. The molecular weight excluding hydrogens is 244 g/mol. The molecule has 20 heavy (non-hydrogen) atoms. The summed E-state index contributed by atoms with van der Waals surface area (Å²) in [5.74, 6) is 0.781. The van der Waals surface area contributed by atoms with Crippen molar-refractivity contribution in [2.75, 3.05) is 25.0 Å². The van der Waals surface area contributed by atoms with Crippen LogP contribution in [-0.4, -0.2) is 30.6 Å². The van der Waals surface area contributed by atoms with Gasteiger partial charge >= 0.3 is 0 Å². The van der Waals surface area contributed by atoms with Crippen LogP contribution in [0.1, 0.15) is 20.3 Å². The topological polar surface area (TPSA) is 15.3 Å². The molecule has 1 saturated heterocycles. The van der Waals surface area contributed by atoms with E-state index in [1.807, 2.05) is 0 Å². The van der Waals surface area contributed by atoms with Gasteiger partial charge in [0.25, 0.3) is 0 Å². The molecule has 2 aromatic carbocycles. The summed E-state index contributed by atoms with van der Waals surface area (Å²) in [4.78, 5) is 2.58. The molecule has 106 valence electrons. The summed E-state index contributed by atoms with van der Waals surface area (Å²) in [6.07, 6.45) is 1.32. The molecule has 0 aromatic heterocycles. The van der Waals surface area contributed by atoms with E-state index in [0.29, 0.717) is 6.04 Å². The van der Waals surface area contributed by atoms with E-state index in [1.54, 1.807) is 0 Å². The Hall–Kier alpha value is -1.54. The van der Waals surface area contributed by atoms with Crippen LogP contribution in [0.15, 0.2) is 42.5 Å². The first kappa shape index (κ1) is 13.4. The number of hydrogen-bond donors (Lipinski definition) is 1. The minimum atomic E-state index is 0.681. The number of rotatable bonds is 4. The lowest BCUT2D eigenvalue weighted by Gasteiger charge is -2.20. The largest absolute Gasteiger partial charge is 0.385 e. The SMILES string of the molecule is CC(C)N1CCC(CNc2ccc3ccccc3c2)C1. The number of fused-ring (bicyclic) bond motifs is 1. The zero-order chi connectivity index (χ0) is 13.9. The molecule has 0 radical (unpaired) electrons. The molecule has 3 rings (SSSR count). The molecule has 0 aliphatic carbocycles. The van der Waals surface area contributed by atoms with Gasteiger partial charge in [-0.2, -0.15) is 0 Å². The van der Waals surface area contributed by atoms with Gasteiger partial charge in [0.05, 0.1) is 0 Å². The molecule has 2 nitrogen and oxygen atoms in total. The van der Waals surface area contributed by atoms with Crippen molar-refractivity contribution in [2.45, 2.75) is 26.3 Å². The van der Waals surface area contributed by atoms with Crippen molar-refractivity contribution in [3.05, 3.63) is 42.5 Å². The van der Waals surface area contributed by atoms with Crippen LogP contribution in [0.3, 0.4) is 0 Å². The maximum absolute atomic E-state index is 3.61. The van der Waals surface area contributed by atoms with Crippen LogP contribution in [0.25, 0.3) is 10.8 Å². The first-order valence-corrected chi connectivity index (χ1v) is 7.69. The smallest absolute Gasteiger partial charge is 0.0346 e. The minimum Gasteiger partial charge on any atom is -0.385 e. The summed E-state index contributed by atoms with van der Waals surface area (Å²) in [6, 6.07) is 15.9. The highest BCUT2D eigenvalue weighted by molar-refractivity contribution is 5.85. The monoisotopic (exact) mass is 268 g/mol. The number of nitrogens with zero attached hydrogens (tertiary/aromatic N) is 1. The Kier molecular flexibility index (Phi) is 3.93. The number of anilines is 1. The molecule has 0 bridgehead atoms. The molecule has 1 aliphatic rings. The van der Waals surface area contributed by atoms with Crippen molar-refractivity contribution in [1.82, 2.24) is 4.90 Å². The van der Waals surface area contributed by atoms with E-state index in [0.717, 1.165) is 12.5 Å². The van der Waals surface area contributed by atoms with Crippen molar-refractivity contribution >= 4 is 16.5 Å². The molecule has 1 N–H and O–H groups in total. The molecule has 0 amide bonds. The van der Waals surface area contributed by atoms with Crippen LogP contribution in [0, 0.1) is 5.92 Å². The predicted octanol–water partition coefficient (Wildman–Crippen LogP) is 3.98. The second-order valence-corrected chi connectivity index (χ2v) is 6.19. The highest BCUT2D eigenvalue weighted by Gasteiger charge is 2.23. The second kappa shape index (κ2) is 5.84. The van der Waals surface area contributed by atoms with Crippen molar-refractivity contribution < 1.29 is 0 Å². The molecule has 1 aliphatic heterocycles. The lowest BCUT2D eigenvalue weighted by atomic mass is 10.1. The third-order valence-electron chi connectivity index (χ3n) is 4.39. The van der Waals surface area contributed by atoms with E-state index >= 15 is 0 Å². The Morgan fingerprint density at radius 1 is 1.15 bits per heavy atom. The standard InChI is InChI=1S/C18H24N2/c1-14(2)20-10-9-15(13-20)12-19-18-8-7-16-5-3-4-6-17(16)11-18/h3-8,11,14-15,19H,9-10,12-13H2,1-2H3. The van der Waals surface area contributed by atoms with Crippen LogP contribution in [0.4, 0.5) is 5.69 Å². The maximum Gasteiger partial charge on any atom is 0.0346 e. The van der Waals surface area contributed by atoms with Crippen LogP contribution in [0.2, 0.25) is 0 Å². The molecular formula is C18H24N2. The van der Waals surface area contributed by atoms with E-state index in [2.05, 4.69) is 66.5 Å². The Bertz CT molecular complexity index is 576. The molecule has 1 atom stereocenters. The minimum absolute atomic E-state index is 0.681. The summed E-state index contributed by atoms with van der Waals surface area (Å²) in [5, 5.41) is 6.23. The van der Waals surface area contributed by atoms with E-state index in [4.69, 9.17) is 0 Å². The van der Waals surface area contributed by atoms with Crippen LogP contribution < -0.4 is 5.32 Å². The number of nitrogens with one attached hydrogen (secondary N) is 1. The Labute approximate surface area is 121 Å². The zero-order valence-electron chi connectivity index (χ0n) is 12.5. The van der Waals surface area contributed by atoms with Crippen LogP contribution in [-0.2, 0) is 0 Å². The van der Waals surface area contributed by atoms with E-state index in [9.17, 15) is 0 Å². The fourth-order valence-corrected chi connectivity index (χ4v) is 3.06. The van der Waals surface area contributed by atoms with Crippen molar-refractivity contribution in [2.24, 2.45) is 5.92 Å². The summed E-state index contributed by atoms with van der Waals surface area (Å²) < 4.78 is 0. The summed E-state index contributed by atoms with van der Waals surface area (Å²) in [7, 11) is 0. The zero-order valence-corrected chi connectivity index (χ0v) is 12.5. The first-order valence-electron chi connectivity index (χ1n) is 7.69. The van der Waals surface area contributed by atoms with Crippen LogP contribution >= 0.6 is 0 Å². The second-order valence-electron chi connectivity index (χ2n) is 6.19. The Morgan fingerprint density at radius 2 is 1.95 bits per heavy atom. The van der Waals surface area contributed by atoms with Crippen LogP contribution in [0.5, 0.6) is 0 Å². The normalized spacial score (nSPS) is 19.9. The fourth-order valence-electron chi connectivity index (χ4n) is 3.06. The summed E-state index contributed by atoms with van der Waals surface area (Å²) in [6.45, 7) is 8.15. The van der Waals surface area contributed by atoms with Gasteiger partial charge in [-0.3, -0.25) is 0 Å². The maximum atomic E-state index is 3.61. The fraction of sp³-hybridized carbons (Fsp3) is 0.444. The van der Waals surface area contributed by atoms with Gasteiger partial charge in [-0.05, 0) is 55.6 Å². The van der Waals surface area contributed by atoms with Gasteiger partial charge in [-0.15, -0.1) is 0 Å². The molecule has 1 unspecified atom stereocenters. The quantitative estimate of drug-likeness (QED) is 0.902. The van der Waals surface area contributed by atoms with Crippen molar-refractivity contribution in [3.8, 4) is 0 Å². The molecule has 0 saturated carbocycles. The average Bonchev–Trinajstić information content (AvgIpc) is 2.94. The Morgan fingerprint density at radius 3 is 2.70 bits per heavy atom. The predicted molar refractivity (Wildman–Crippen MR) is 87.3 cm³/mol. The first-order chi connectivity index (χ1) is 9.72. The third kappa shape index (κ3) is 2.96. The molecule has 1 heterocycles. The van der Waals surface area contributed by atoms with Gasteiger partial charge in [0.1, 0.15) is 0 Å². The third-order valence-corrected chi connectivity index (χ3v) is 4.39. The lowest BCUT2D eigenvalue weighted by molar-refractivity contribution is 0.266. The van der Waals surface area contributed by atoms with E-state index < -0.39 is 0 Å². The van der Waals surface area contributed by atoms with Crippen molar-refractivity contribution in [1.29, 1.82) is 0 Å². The van der Waals surface area contributed by atoms with Gasteiger partial charge in [0, 0.05) is 24.8 Å². The number of likely N-dealkylation sites (tertiary alicyclic amines) is 1. The molecule has 2 heteroatoms. The Balaban J connectivity index is 1.60. The highest BCUT2D eigenvalue weighted by Crippen LogP contribution is 2.22. The summed E-state index contributed by atoms with van der Waals surface area (Å²) >= 11 is 0. The van der Waals surface area contributed by atoms with Gasteiger partial charge in [-0.1, -0.05) is 30.3 Å². The lowest BCUT2D eigenvalue weighted by Crippen LogP contribution is -2.29. The molecule has 2 aromatic rings. The van der Waals surface area contributed by atoms with Gasteiger partial charge in [-0.25, -0.2) is 0 Å². The molecule has 1 fully saturated rings. The molecule has 0 spiro atoms. The summed E-state index contributed by atoms with van der Waals surface area (Å²) in [5.41, 5.74) is 1.24. The van der Waals surface area contributed by atoms with Gasteiger partial charge in [0.2, 0.25) is 0 Å². The number of hydrogen-bond acceptors (Lipinski definition) is 2.